The van der Waals surface area contributed by atoms with Crippen LogP contribution in [0.1, 0.15) is 60.4 Å². The van der Waals surface area contributed by atoms with Crippen molar-refractivity contribution in [2.45, 2.75) is 56.5 Å². The molecule has 1 aromatic carbocycles. The molecular weight excluding hydrogens is 290 g/mol. The van der Waals surface area contributed by atoms with Gasteiger partial charge in [0.2, 0.25) is 0 Å². The lowest BCUT2D eigenvalue weighted by Crippen LogP contribution is -2.34. The van der Waals surface area contributed by atoms with Crippen molar-refractivity contribution in [2.24, 2.45) is 7.05 Å². The Morgan fingerprint density at radius 3 is 2.43 bits per heavy atom. The Morgan fingerprint density at radius 1 is 1.17 bits per heavy atom. The summed E-state index contributed by atoms with van der Waals surface area (Å²) in [5, 5.41) is 18.5. The Morgan fingerprint density at radius 2 is 1.83 bits per heavy atom. The highest BCUT2D eigenvalue weighted by molar-refractivity contribution is 6.02. The zero-order chi connectivity index (χ0) is 16.0. The molecule has 2 aromatic rings. The molecule has 2 aliphatic carbocycles. The Hall–Kier alpha value is -1.88. The van der Waals surface area contributed by atoms with Crippen LogP contribution in [0, 0.1) is 0 Å². The fourth-order valence-electron chi connectivity index (χ4n) is 3.92. The number of carboxylic acid groups (broad SMARTS) is 1. The van der Waals surface area contributed by atoms with Gasteiger partial charge in [-0.05, 0) is 56.1 Å². The minimum Gasteiger partial charge on any atom is -0.478 e. The average Bonchev–Trinajstić information content (AvgIpc) is 3.25. The van der Waals surface area contributed by atoms with E-state index < -0.39 is 5.97 Å². The van der Waals surface area contributed by atoms with Crippen LogP contribution in [0.4, 0.5) is 0 Å². The third-order valence-electron chi connectivity index (χ3n) is 5.27. The maximum Gasteiger partial charge on any atom is 0.337 e. The van der Waals surface area contributed by atoms with Crippen LogP contribution in [-0.2, 0) is 7.05 Å². The fraction of sp³-hybridized carbons (Fsp3) is 0.556. The molecule has 23 heavy (non-hydrogen) atoms. The van der Waals surface area contributed by atoms with E-state index in [0.717, 1.165) is 11.4 Å². The van der Waals surface area contributed by atoms with Crippen molar-refractivity contribution >= 4 is 16.9 Å². The molecule has 2 N–H and O–H groups in total. The molecule has 122 valence electrons. The summed E-state index contributed by atoms with van der Waals surface area (Å²) in [6, 6.07) is 5.17. The molecule has 0 unspecified atom stereocenters. The molecular formula is C18H23N3O2. The van der Waals surface area contributed by atoms with E-state index in [9.17, 15) is 9.90 Å². The summed E-state index contributed by atoms with van der Waals surface area (Å²) in [6.45, 7) is 0. The molecule has 0 saturated heterocycles. The van der Waals surface area contributed by atoms with Crippen LogP contribution in [0.5, 0.6) is 0 Å². The number of aromatic nitrogens is 2. The zero-order valence-electron chi connectivity index (χ0n) is 13.5. The minimum atomic E-state index is -0.905. The quantitative estimate of drug-likeness (QED) is 0.910. The molecule has 0 spiro atoms. The van der Waals surface area contributed by atoms with E-state index in [1.54, 1.807) is 10.7 Å². The highest BCUT2D eigenvalue weighted by Crippen LogP contribution is 2.38. The molecule has 0 atom stereocenters. The van der Waals surface area contributed by atoms with Gasteiger partial charge in [-0.25, -0.2) is 4.79 Å². The number of nitrogens with zero attached hydrogens (tertiary/aromatic N) is 2. The number of rotatable bonds is 4. The molecule has 5 nitrogen and oxygen atoms in total. The molecule has 0 aliphatic heterocycles. The van der Waals surface area contributed by atoms with Crippen molar-refractivity contribution in [1.82, 2.24) is 15.1 Å². The molecule has 0 radical (unpaired) electrons. The number of aryl methyl sites for hydroxylation is 1. The van der Waals surface area contributed by atoms with Gasteiger partial charge in [0.15, 0.2) is 0 Å². The Kier molecular flexibility index (Phi) is 3.60. The van der Waals surface area contributed by atoms with Crippen LogP contribution in [0.15, 0.2) is 18.3 Å². The van der Waals surface area contributed by atoms with Crippen LogP contribution in [0.2, 0.25) is 0 Å². The first-order valence-corrected chi connectivity index (χ1v) is 8.57. The van der Waals surface area contributed by atoms with Crippen molar-refractivity contribution in [1.29, 1.82) is 0 Å². The molecule has 2 aliphatic rings. The summed E-state index contributed by atoms with van der Waals surface area (Å²) in [5.74, 6) is -0.389. The summed E-state index contributed by atoms with van der Waals surface area (Å²) < 4.78 is 1.72. The van der Waals surface area contributed by atoms with Crippen LogP contribution >= 0.6 is 0 Å². The number of hydrogen-bond donors (Lipinski definition) is 2. The van der Waals surface area contributed by atoms with Gasteiger partial charge in [0.1, 0.15) is 5.52 Å². The Bertz CT molecular complexity index is 740. The van der Waals surface area contributed by atoms with E-state index in [2.05, 4.69) is 10.4 Å². The molecule has 1 aromatic heterocycles. The van der Waals surface area contributed by atoms with E-state index in [0.29, 0.717) is 23.0 Å². The van der Waals surface area contributed by atoms with Crippen molar-refractivity contribution in [3.63, 3.8) is 0 Å². The first kappa shape index (κ1) is 14.7. The van der Waals surface area contributed by atoms with Crippen molar-refractivity contribution in [2.75, 3.05) is 0 Å². The third-order valence-corrected chi connectivity index (χ3v) is 5.27. The normalized spacial score (nSPS) is 24.9. The molecule has 0 amide bonds. The Balaban J connectivity index is 1.59. The first-order valence-electron chi connectivity index (χ1n) is 8.57. The summed E-state index contributed by atoms with van der Waals surface area (Å²) in [7, 11) is 1.85. The van der Waals surface area contributed by atoms with Gasteiger partial charge in [0, 0.05) is 30.7 Å². The number of nitrogens with one attached hydrogen (secondary N) is 1. The zero-order valence-corrected chi connectivity index (χ0v) is 13.5. The molecule has 1 heterocycles. The van der Waals surface area contributed by atoms with Gasteiger partial charge >= 0.3 is 5.97 Å². The van der Waals surface area contributed by atoms with Gasteiger partial charge in [0.05, 0.1) is 5.56 Å². The van der Waals surface area contributed by atoms with Crippen LogP contribution < -0.4 is 5.32 Å². The fourth-order valence-corrected chi connectivity index (χ4v) is 3.92. The van der Waals surface area contributed by atoms with Crippen LogP contribution in [0.3, 0.4) is 0 Å². The van der Waals surface area contributed by atoms with Gasteiger partial charge in [-0.2, -0.15) is 5.10 Å². The highest BCUT2D eigenvalue weighted by Gasteiger charge is 2.29. The molecule has 2 fully saturated rings. The monoisotopic (exact) mass is 313 g/mol. The highest BCUT2D eigenvalue weighted by atomic mass is 16.4. The van der Waals surface area contributed by atoms with Gasteiger partial charge in [-0.15, -0.1) is 0 Å². The van der Waals surface area contributed by atoms with E-state index in [1.807, 2.05) is 19.3 Å². The minimum absolute atomic E-state index is 0.299. The van der Waals surface area contributed by atoms with E-state index >= 15 is 0 Å². The predicted octanol–water partition coefficient (Wildman–Crippen LogP) is 3.05. The van der Waals surface area contributed by atoms with Gasteiger partial charge < -0.3 is 10.4 Å². The number of carboxylic acids is 1. The lowest BCUT2D eigenvalue weighted by Gasteiger charge is -2.30. The van der Waals surface area contributed by atoms with E-state index in [-0.39, 0.29) is 0 Å². The van der Waals surface area contributed by atoms with Crippen molar-refractivity contribution in [3.8, 4) is 0 Å². The molecule has 0 bridgehead atoms. The molecule has 5 heteroatoms. The van der Waals surface area contributed by atoms with Crippen molar-refractivity contribution < 1.29 is 9.90 Å². The number of aromatic carboxylic acids is 1. The number of carbonyl (C=O) groups is 1. The molecule has 4 rings (SSSR count). The SMILES string of the molecule is Cn1cc2c(C3CCC(NC4CC4)CC3)ccc(C(=O)O)c2n1. The van der Waals surface area contributed by atoms with Crippen LogP contribution in [0.25, 0.3) is 10.9 Å². The van der Waals surface area contributed by atoms with E-state index in [4.69, 9.17) is 0 Å². The van der Waals surface area contributed by atoms with Gasteiger partial charge in [-0.3, -0.25) is 4.68 Å². The summed E-state index contributed by atoms with van der Waals surface area (Å²) in [5.41, 5.74) is 2.19. The third kappa shape index (κ3) is 2.85. The topological polar surface area (TPSA) is 67.2 Å². The molecule has 2 saturated carbocycles. The first-order chi connectivity index (χ1) is 11.1. The average molecular weight is 313 g/mol. The second-order valence-corrected chi connectivity index (χ2v) is 7.06. The van der Waals surface area contributed by atoms with Gasteiger partial charge in [0.25, 0.3) is 0 Å². The maximum absolute atomic E-state index is 11.4. The maximum atomic E-state index is 11.4. The van der Waals surface area contributed by atoms with E-state index in [1.165, 1.54) is 44.1 Å². The van der Waals surface area contributed by atoms with Gasteiger partial charge in [-0.1, -0.05) is 6.07 Å². The Labute approximate surface area is 135 Å². The summed E-state index contributed by atoms with van der Waals surface area (Å²) in [6.07, 6.45) is 9.40. The standard InChI is InChI=1S/C18H23N3O2/c1-21-10-16-14(8-9-15(18(22)23)17(16)20-21)11-2-4-12(5-3-11)19-13-6-7-13/h8-13,19H,2-7H2,1H3,(H,22,23). The lowest BCUT2D eigenvalue weighted by molar-refractivity contribution is 0.0699. The number of fused-ring (bicyclic) bond motifs is 1. The number of hydrogen-bond acceptors (Lipinski definition) is 3. The lowest BCUT2D eigenvalue weighted by atomic mass is 9.80. The van der Waals surface area contributed by atoms with Crippen LogP contribution in [-0.4, -0.2) is 32.9 Å². The summed E-state index contributed by atoms with van der Waals surface area (Å²) >= 11 is 0. The van der Waals surface area contributed by atoms with Crippen molar-refractivity contribution in [3.05, 3.63) is 29.5 Å². The largest absolute Gasteiger partial charge is 0.478 e. The summed E-state index contributed by atoms with van der Waals surface area (Å²) in [4.78, 5) is 11.4. The second-order valence-electron chi connectivity index (χ2n) is 7.06. The smallest absolute Gasteiger partial charge is 0.337 e. The number of benzene rings is 1. The predicted molar refractivity (Wildman–Crippen MR) is 88.8 cm³/mol. The second kappa shape index (κ2) is 5.64.